The molecular weight excluding hydrogens is 342 g/mol. The van der Waals surface area contributed by atoms with E-state index in [9.17, 15) is 13.2 Å². The van der Waals surface area contributed by atoms with Crippen molar-refractivity contribution in [1.82, 2.24) is 24.6 Å². The van der Waals surface area contributed by atoms with Crippen LogP contribution in [0, 0.1) is 0 Å². The second kappa shape index (κ2) is 7.49. The number of hydrogen-bond donors (Lipinski definition) is 1. The van der Waals surface area contributed by atoms with Crippen LogP contribution in [0.1, 0.15) is 25.7 Å². The lowest BCUT2D eigenvalue weighted by Crippen LogP contribution is -2.44. The van der Waals surface area contributed by atoms with Gasteiger partial charge in [-0.3, -0.25) is 4.79 Å². The number of fused-ring (bicyclic) bond motifs is 1. The van der Waals surface area contributed by atoms with Crippen molar-refractivity contribution in [2.45, 2.75) is 38.3 Å². The maximum atomic E-state index is 12.1. The zero-order chi connectivity index (χ0) is 17.9. The molecule has 9 heteroatoms. The molecule has 1 unspecified atom stereocenters. The summed E-state index contributed by atoms with van der Waals surface area (Å²) in [5.41, 5.74) is 1.50. The van der Waals surface area contributed by atoms with Gasteiger partial charge in [-0.15, -0.1) is 0 Å². The molecule has 0 aliphatic carbocycles. The number of carbonyl (C=O) groups is 1. The van der Waals surface area contributed by atoms with Crippen LogP contribution in [0.4, 0.5) is 0 Å². The number of carbonyl (C=O) groups excluding carboxylic acids is 1. The Hall–Kier alpha value is -2.00. The zero-order valence-corrected chi connectivity index (χ0v) is 15.1. The number of aromatic nitrogens is 3. The fourth-order valence-corrected chi connectivity index (χ4v) is 4.45. The molecule has 2 heterocycles. The number of sulfonamides is 1. The van der Waals surface area contributed by atoms with E-state index in [-0.39, 0.29) is 18.5 Å². The molecule has 25 heavy (non-hydrogen) atoms. The molecule has 2 aromatic rings. The smallest absolute Gasteiger partial charge is 0.243 e. The summed E-state index contributed by atoms with van der Waals surface area (Å²) in [5.74, 6) is -0.179. The molecule has 1 aromatic carbocycles. The standard InChI is InChI=1S/C16H23N5O3S/c1-25(23,24)20-11-5-4-6-13(20)9-10-17-16(22)12-21-18-14-7-2-3-8-15(14)19-21/h2-3,7-8,13H,4-6,9-12H2,1H3,(H,17,22). The van der Waals surface area contributed by atoms with Gasteiger partial charge in [-0.2, -0.15) is 19.3 Å². The number of hydrogen-bond acceptors (Lipinski definition) is 5. The van der Waals surface area contributed by atoms with E-state index in [0.717, 1.165) is 30.3 Å². The van der Waals surface area contributed by atoms with Crippen LogP contribution in [0.5, 0.6) is 0 Å². The zero-order valence-electron chi connectivity index (χ0n) is 14.3. The van der Waals surface area contributed by atoms with E-state index in [0.29, 0.717) is 19.5 Å². The van der Waals surface area contributed by atoms with Crippen LogP contribution in [0.25, 0.3) is 11.0 Å². The molecule has 1 aromatic heterocycles. The minimum absolute atomic E-state index is 0.0329. The van der Waals surface area contributed by atoms with Gasteiger partial charge >= 0.3 is 0 Å². The summed E-state index contributed by atoms with van der Waals surface area (Å²) in [7, 11) is -3.19. The van der Waals surface area contributed by atoms with Crippen LogP contribution in [-0.4, -0.2) is 59.0 Å². The van der Waals surface area contributed by atoms with Crippen molar-refractivity contribution in [3.8, 4) is 0 Å². The third-order valence-corrected chi connectivity index (χ3v) is 5.74. The summed E-state index contributed by atoms with van der Waals surface area (Å²) in [6.07, 6.45) is 4.63. The van der Waals surface area contributed by atoms with E-state index in [1.807, 2.05) is 24.3 Å². The van der Waals surface area contributed by atoms with Gasteiger partial charge in [0.25, 0.3) is 0 Å². The number of piperidine rings is 1. The maximum Gasteiger partial charge on any atom is 0.243 e. The van der Waals surface area contributed by atoms with E-state index in [4.69, 9.17) is 0 Å². The maximum absolute atomic E-state index is 12.1. The first kappa shape index (κ1) is 17.8. The largest absolute Gasteiger partial charge is 0.354 e. The van der Waals surface area contributed by atoms with Gasteiger partial charge in [-0.1, -0.05) is 18.6 Å². The lowest BCUT2D eigenvalue weighted by molar-refractivity contribution is -0.122. The minimum atomic E-state index is -3.19. The van der Waals surface area contributed by atoms with E-state index in [1.165, 1.54) is 11.1 Å². The van der Waals surface area contributed by atoms with Crippen LogP contribution in [0.3, 0.4) is 0 Å². The number of rotatable bonds is 6. The number of benzene rings is 1. The lowest BCUT2D eigenvalue weighted by Gasteiger charge is -2.33. The number of amides is 1. The summed E-state index contributed by atoms with van der Waals surface area (Å²) in [6, 6.07) is 7.41. The van der Waals surface area contributed by atoms with Gasteiger partial charge in [-0.05, 0) is 31.4 Å². The molecule has 0 saturated carbocycles. The molecule has 1 N–H and O–H groups in total. The highest BCUT2D eigenvalue weighted by molar-refractivity contribution is 7.88. The predicted molar refractivity (Wildman–Crippen MR) is 94.3 cm³/mol. The Morgan fingerprint density at radius 2 is 1.92 bits per heavy atom. The predicted octanol–water partition coefficient (Wildman–Crippen LogP) is 0.752. The van der Waals surface area contributed by atoms with Crippen molar-refractivity contribution in [2.24, 2.45) is 0 Å². The van der Waals surface area contributed by atoms with Crippen molar-refractivity contribution in [2.75, 3.05) is 19.3 Å². The first-order chi connectivity index (χ1) is 11.9. The van der Waals surface area contributed by atoms with Crippen molar-refractivity contribution >= 4 is 27.0 Å². The summed E-state index contributed by atoms with van der Waals surface area (Å²) in [4.78, 5) is 13.4. The fraction of sp³-hybridized carbons (Fsp3) is 0.562. The molecule has 8 nitrogen and oxygen atoms in total. The van der Waals surface area contributed by atoms with Crippen LogP contribution >= 0.6 is 0 Å². The molecule has 1 fully saturated rings. The topological polar surface area (TPSA) is 97.2 Å². The van der Waals surface area contributed by atoms with Crippen molar-refractivity contribution in [1.29, 1.82) is 0 Å². The molecule has 1 amide bonds. The highest BCUT2D eigenvalue weighted by atomic mass is 32.2. The van der Waals surface area contributed by atoms with Gasteiger partial charge in [0, 0.05) is 19.1 Å². The summed E-state index contributed by atoms with van der Waals surface area (Å²) < 4.78 is 25.2. The quantitative estimate of drug-likeness (QED) is 0.815. The summed E-state index contributed by atoms with van der Waals surface area (Å²) in [5, 5.41) is 11.3. The Bertz CT molecular complexity index is 815. The van der Waals surface area contributed by atoms with Gasteiger partial charge in [0.15, 0.2) is 0 Å². The van der Waals surface area contributed by atoms with Gasteiger partial charge in [-0.25, -0.2) is 8.42 Å². The minimum Gasteiger partial charge on any atom is -0.354 e. The second-order valence-corrected chi connectivity index (χ2v) is 8.32. The van der Waals surface area contributed by atoms with Crippen LogP contribution in [-0.2, 0) is 21.4 Å². The molecular formula is C16H23N5O3S. The van der Waals surface area contributed by atoms with Crippen LogP contribution < -0.4 is 5.32 Å². The van der Waals surface area contributed by atoms with Gasteiger partial charge in [0.2, 0.25) is 15.9 Å². The van der Waals surface area contributed by atoms with E-state index >= 15 is 0 Å². The highest BCUT2D eigenvalue weighted by Gasteiger charge is 2.28. The highest BCUT2D eigenvalue weighted by Crippen LogP contribution is 2.21. The SMILES string of the molecule is CS(=O)(=O)N1CCCCC1CCNC(=O)Cn1nc2ccccc2n1. The van der Waals surface area contributed by atoms with Crippen molar-refractivity contribution < 1.29 is 13.2 Å². The Balaban J connectivity index is 1.50. The van der Waals surface area contributed by atoms with E-state index < -0.39 is 10.0 Å². The molecule has 0 radical (unpaired) electrons. The molecule has 1 aliphatic rings. The Kier molecular flexibility index (Phi) is 5.33. The average molecular weight is 365 g/mol. The monoisotopic (exact) mass is 365 g/mol. The average Bonchev–Trinajstić information content (AvgIpc) is 2.96. The Morgan fingerprint density at radius 1 is 1.24 bits per heavy atom. The van der Waals surface area contributed by atoms with Gasteiger partial charge in [0.1, 0.15) is 17.6 Å². The van der Waals surface area contributed by atoms with Crippen molar-refractivity contribution in [3.05, 3.63) is 24.3 Å². The molecule has 0 bridgehead atoms. The first-order valence-electron chi connectivity index (χ1n) is 8.47. The molecule has 136 valence electrons. The van der Waals surface area contributed by atoms with Crippen LogP contribution in [0.15, 0.2) is 24.3 Å². The molecule has 1 atom stereocenters. The van der Waals surface area contributed by atoms with Gasteiger partial charge in [0.05, 0.1) is 6.26 Å². The van der Waals surface area contributed by atoms with Gasteiger partial charge < -0.3 is 5.32 Å². The Labute approximate surface area is 147 Å². The molecule has 0 spiro atoms. The fourth-order valence-electron chi connectivity index (χ4n) is 3.24. The number of nitrogens with one attached hydrogen (secondary N) is 1. The normalized spacial score (nSPS) is 19.2. The van der Waals surface area contributed by atoms with Crippen LogP contribution in [0.2, 0.25) is 0 Å². The summed E-state index contributed by atoms with van der Waals surface area (Å²) >= 11 is 0. The first-order valence-corrected chi connectivity index (χ1v) is 10.3. The Morgan fingerprint density at radius 3 is 2.56 bits per heavy atom. The number of nitrogens with zero attached hydrogens (tertiary/aromatic N) is 4. The summed E-state index contributed by atoms with van der Waals surface area (Å²) in [6.45, 7) is 1.06. The molecule has 3 rings (SSSR count). The lowest BCUT2D eigenvalue weighted by atomic mass is 10.0. The second-order valence-electron chi connectivity index (χ2n) is 6.38. The molecule has 1 aliphatic heterocycles. The van der Waals surface area contributed by atoms with E-state index in [2.05, 4.69) is 15.5 Å². The third-order valence-electron chi connectivity index (χ3n) is 4.41. The van der Waals surface area contributed by atoms with E-state index in [1.54, 1.807) is 4.31 Å². The molecule has 1 saturated heterocycles. The third kappa shape index (κ3) is 4.55. The van der Waals surface area contributed by atoms with Crippen molar-refractivity contribution in [3.63, 3.8) is 0 Å².